The Hall–Kier alpha value is -2.50. The van der Waals surface area contributed by atoms with E-state index in [-0.39, 0.29) is 12.6 Å². The van der Waals surface area contributed by atoms with E-state index in [4.69, 9.17) is 9.47 Å². The van der Waals surface area contributed by atoms with Crippen LogP contribution in [0.2, 0.25) is 0 Å². The summed E-state index contributed by atoms with van der Waals surface area (Å²) >= 11 is 0. The largest absolute Gasteiger partial charge is 0.461 e. The van der Waals surface area contributed by atoms with Crippen LogP contribution in [0.3, 0.4) is 0 Å². The summed E-state index contributed by atoms with van der Waals surface area (Å²) in [4.78, 5) is 25.2. The number of rotatable bonds is 5. The minimum atomic E-state index is -3.51. The van der Waals surface area contributed by atoms with Gasteiger partial charge in [-0.1, -0.05) is 36.4 Å². The predicted molar refractivity (Wildman–Crippen MR) is 111 cm³/mol. The maximum Gasteiger partial charge on any atom is 0.376 e. The molecule has 0 saturated heterocycles. The van der Waals surface area contributed by atoms with Gasteiger partial charge in [0, 0.05) is 17.7 Å². The normalized spacial score (nSPS) is 31.6. The lowest BCUT2D eigenvalue weighted by Gasteiger charge is -2.60. The molecular weight excluding hydrogens is 402 g/mol. The van der Waals surface area contributed by atoms with Crippen molar-refractivity contribution in [1.29, 1.82) is 0 Å². The van der Waals surface area contributed by atoms with Crippen LogP contribution < -0.4 is 4.74 Å². The number of alkyl halides is 2. The van der Waals surface area contributed by atoms with Crippen molar-refractivity contribution in [3.05, 3.63) is 42.5 Å². The Kier molecular flexibility index (Phi) is 4.61. The van der Waals surface area contributed by atoms with E-state index in [1.165, 1.54) is 0 Å². The van der Waals surface area contributed by atoms with Crippen LogP contribution in [0.5, 0.6) is 5.75 Å². The van der Waals surface area contributed by atoms with E-state index < -0.39 is 22.7 Å². The van der Waals surface area contributed by atoms with E-state index in [0.29, 0.717) is 30.9 Å². The van der Waals surface area contributed by atoms with Crippen molar-refractivity contribution in [3.63, 3.8) is 0 Å². The monoisotopic (exact) mass is 428 g/mol. The molecule has 4 saturated carbocycles. The van der Waals surface area contributed by atoms with Crippen LogP contribution in [0.1, 0.15) is 45.4 Å². The third-order valence-electron chi connectivity index (χ3n) is 7.44. The second kappa shape index (κ2) is 7.01. The highest BCUT2D eigenvalue weighted by molar-refractivity contribution is 5.91. The average molecular weight is 428 g/mol. The molecule has 4 aliphatic carbocycles. The maximum atomic E-state index is 13.5. The lowest BCUT2D eigenvalue weighted by Crippen LogP contribution is -2.57. The Bertz CT molecular complexity index is 1020. The number of halogens is 2. The lowest BCUT2D eigenvalue weighted by atomic mass is 9.44. The molecule has 0 amide bonds. The topological polar surface area (TPSA) is 52.6 Å². The van der Waals surface area contributed by atoms with Gasteiger partial charge in [-0.15, -0.1) is 0 Å². The fourth-order valence-electron chi connectivity index (χ4n) is 6.70. The van der Waals surface area contributed by atoms with Crippen LogP contribution in [0.15, 0.2) is 42.5 Å². The zero-order valence-corrected chi connectivity index (χ0v) is 17.5. The molecule has 4 bridgehead atoms. The fourth-order valence-corrected chi connectivity index (χ4v) is 6.70. The van der Waals surface area contributed by atoms with Crippen LogP contribution in [0.4, 0.5) is 8.78 Å². The van der Waals surface area contributed by atoms with Gasteiger partial charge in [0.25, 0.3) is 0 Å². The summed E-state index contributed by atoms with van der Waals surface area (Å²) in [6, 6.07) is 13.4. The molecule has 0 aliphatic heterocycles. The standard InChI is InChI=1S/C25H26F2O4/c1-23(26,27)21(28)30-15-24-10-16-9-17(11-24)13-25(12-16,14-24)22(29)31-20-8-4-6-18-5-2-3-7-19(18)20/h2-8,16-17H,9-15H2,1H3. The van der Waals surface area contributed by atoms with E-state index in [9.17, 15) is 18.4 Å². The van der Waals surface area contributed by atoms with Gasteiger partial charge in [-0.3, -0.25) is 4.79 Å². The molecule has 4 nitrogen and oxygen atoms in total. The van der Waals surface area contributed by atoms with Gasteiger partial charge in [0.05, 0.1) is 12.0 Å². The van der Waals surface area contributed by atoms with Crippen LogP contribution >= 0.6 is 0 Å². The molecule has 0 heterocycles. The zero-order valence-electron chi connectivity index (χ0n) is 17.5. The lowest BCUT2D eigenvalue weighted by molar-refractivity contribution is -0.190. The molecule has 6 rings (SSSR count). The first kappa shape index (κ1) is 20.4. The highest BCUT2D eigenvalue weighted by Gasteiger charge is 2.62. The number of esters is 2. The van der Waals surface area contributed by atoms with Crippen molar-refractivity contribution >= 4 is 22.7 Å². The van der Waals surface area contributed by atoms with Crippen LogP contribution in [-0.4, -0.2) is 24.5 Å². The molecule has 31 heavy (non-hydrogen) atoms. The average Bonchev–Trinajstić information content (AvgIpc) is 2.70. The van der Waals surface area contributed by atoms with Crippen LogP contribution in [0, 0.1) is 22.7 Å². The molecule has 2 atom stereocenters. The van der Waals surface area contributed by atoms with Crippen LogP contribution in [0.25, 0.3) is 10.8 Å². The van der Waals surface area contributed by atoms with E-state index in [1.807, 2.05) is 42.5 Å². The summed E-state index contributed by atoms with van der Waals surface area (Å²) in [6.07, 6.45) is 4.71. The second-order valence-electron chi connectivity index (χ2n) is 10.1. The summed E-state index contributed by atoms with van der Waals surface area (Å²) in [5.74, 6) is -4.02. The van der Waals surface area contributed by atoms with Crippen molar-refractivity contribution in [2.45, 2.75) is 51.4 Å². The third kappa shape index (κ3) is 3.60. The zero-order chi connectivity index (χ0) is 21.9. The molecule has 4 aliphatic rings. The van der Waals surface area contributed by atoms with Crippen molar-refractivity contribution in [2.75, 3.05) is 6.61 Å². The Labute approximate surface area is 179 Å². The first-order valence-corrected chi connectivity index (χ1v) is 10.9. The fraction of sp³-hybridized carbons (Fsp3) is 0.520. The summed E-state index contributed by atoms with van der Waals surface area (Å²) in [5, 5.41) is 1.89. The van der Waals surface area contributed by atoms with E-state index in [1.54, 1.807) is 0 Å². The van der Waals surface area contributed by atoms with Gasteiger partial charge in [0.1, 0.15) is 5.75 Å². The van der Waals surface area contributed by atoms with Crippen LogP contribution in [-0.2, 0) is 14.3 Å². The molecule has 6 heteroatoms. The van der Waals surface area contributed by atoms with E-state index in [0.717, 1.165) is 42.9 Å². The Balaban J connectivity index is 1.39. The summed E-state index contributed by atoms with van der Waals surface area (Å²) < 4.78 is 37.6. The number of hydrogen-bond acceptors (Lipinski definition) is 4. The molecule has 164 valence electrons. The van der Waals surface area contributed by atoms with Crippen molar-refractivity contribution in [2.24, 2.45) is 22.7 Å². The third-order valence-corrected chi connectivity index (χ3v) is 7.44. The van der Waals surface area contributed by atoms with Gasteiger partial charge >= 0.3 is 17.9 Å². The molecule has 4 fully saturated rings. The SMILES string of the molecule is CC(F)(F)C(=O)OCC12CC3CC(C1)CC(C(=O)Oc1cccc4ccccc14)(C3)C2. The highest BCUT2D eigenvalue weighted by Crippen LogP contribution is 2.65. The van der Waals surface area contributed by atoms with Gasteiger partial charge in [-0.25, -0.2) is 4.79 Å². The van der Waals surface area contributed by atoms with E-state index in [2.05, 4.69) is 0 Å². The predicted octanol–water partition coefficient (Wildman–Crippen LogP) is 5.53. The van der Waals surface area contributed by atoms with Crippen molar-refractivity contribution in [1.82, 2.24) is 0 Å². The first-order chi connectivity index (χ1) is 14.7. The number of fused-ring (bicyclic) bond motifs is 1. The smallest absolute Gasteiger partial charge is 0.376 e. The summed E-state index contributed by atoms with van der Waals surface area (Å²) in [6.45, 7) is 0.504. The first-order valence-electron chi connectivity index (χ1n) is 10.9. The van der Waals surface area contributed by atoms with Gasteiger partial charge in [0.2, 0.25) is 0 Å². The molecule has 0 spiro atoms. The number of hydrogen-bond donors (Lipinski definition) is 0. The molecule has 2 aromatic carbocycles. The molecule has 0 aromatic heterocycles. The number of benzene rings is 2. The second-order valence-corrected chi connectivity index (χ2v) is 10.1. The molecule has 0 radical (unpaired) electrons. The molecular formula is C25H26F2O4. The Morgan fingerprint density at radius 2 is 1.71 bits per heavy atom. The summed E-state index contributed by atoms with van der Waals surface area (Å²) in [5.41, 5.74) is -1.05. The number of ether oxygens (including phenoxy) is 2. The highest BCUT2D eigenvalue weighted by atomic mass is 19.3. The van der Waals surface area contributed by atoms with Crippen molar-refractivity contribution < 1.29 is 27.8 Å². The molecule has 2 unspecified atom stereocenters. The summed E-state index contributed by atoms with van der Waals surface area (Å²) in [7, 11) is 0. The van der Waals surface area contributed by atoms with Crippen molar-refractivity contribution in [3.8, 4) is 5.75 Å². The number of carbonyl (C=O) groups is 2. The quantitative estimate of drug-likeness (QED) is 0.464. The van der Waals surface area contributed by atoms with Gasteiger partial charge in [0.15, 0.2) is 0 Å². The minimum absolute atomic E-state index is 0.0500. The van der Waals surface area contributed by atoms with Gasteiger partial charge in [-0.05, 0) is 61.8 Å². The number of carbonyl (C=O) groups excluding carboxylic acids is 2. The minimum Gasteiger partial charge on any atom is -0.461 e. The van der Waals surface area contributed by atoms with Gasteiger partial charge < -0.3 is 9.47 Å². The maximum absolute atomic E-state index is 13.5. The molecule has 2 aromatic rings. The van der Waals surface area contributed by atoms with E-state index >= 15 is 0 Å². The molecule has 0 N–H and O–H groups in total. The Morgan fingerprint density at radius 3 is 2.42 bits per heavy atom. The Morgan fingerprint density at radius 1 is 1.03 bits per heavy atom. The van der Waals surface area contributed by atoms with Gasteiger partial charge in [-0.2, -0.15) is 8.78 Å².